The van der Waals surface area contributed by atoms with Gasteiger partial charge in [-0.1, -0.05) is 13.0 Å². The van der Waals surface area contributed by atoms with E-state index < -0.39 is 4.92 Å². The molecule has 1 rings (SSSR count). The first-order valence-electron chi connectivity index (χ1n) is 6.85. The highest BCUT2D eigenvalue weighted by Crippen LogP contribution is 2.34. The van der Waals surface area contributed by atoms with E-state index in [1.807, 2.05) is 6.92 Å². The minimum absolute atomic E-state index is 0.0236. The van der Waals surface area contributed by atoms with E-state index in [4.69, 9.17) is 9.84 Å². The average Bonchev–Trinajstić information content (AvgIpc) is 2.43. The van der Waals surface area contributed by atoms with Crippen LogP contribution in [0.15, 0.2) is 18.2 Å². The van der Waals surface area contributed by atoms with Crippen LogP contribution >= 0.6 is 0 Å². The predicted octanol–water partition coefficient (Wildman–Crippen LogP) is 2.81. The highest BCUT2D eigenvalue weighted by Gasteiger charge is 2.20. The lowest BCUT2D eigenvalue weighted by Gasteiger charge is -2.11. The Hall–Kier alpha value is -1.82. The molecular weight excluding hydrogens is 260 g/mol. The van der Waals surface area contributed by atoms with Crippen molar-refractivity contribution in [1.82, 2.24) is 0 Å². The molecule has 0 aromatic heterocycles. The van der Waals surface area contributed by atoms with E-state index in [9.17, 15) is 10.1 Å². The first-order chi connectivity index (χ1) is 9.60. The number of aliphatic hydroxyl groups excluding tert-OH is 1. The maximum absolute atomic E-state index is 11.2. The summed E-state index contributed by atoms with van der Waals surface area (Å²) in [6.45, 7) is 4.94. The molecule has 6 nitrogen and oxygen atoms in total. The summed E-state index contributed by atoms with van der Waals surface area (Å²) in [6.07, 6.45) is 1.72. The van der Waals surface area contributed by atoms with Gasteiger partial charge in [0, 0.05) is 13.2 Å². The second-order valence-electron chi connectivity index (χ2n) is 4.70. The van der Waals surface area contributed by atoms with Crippen LogP contribution < -0.4 is 10.1 Å². The first kappa shape index (κ1) is 16.2. The number of para-hydroxylation sites is 1. The Kier molecular flexibility index (Phi) is 6.79. The molecule has 2 N–H and O–H groups in total. The number of rotatable bonds is 9. The normalized spacial score (nSPS) is 11.9. The molecule has 1 atom stereocenters. The molecular formula is C14H22N2O4. The summed E-state index contributed by atoms with van der Waals surface area (Å²) in [5, 5.41) is 23.2. The molecule has 0 aliphatic carbocycles. The maximum atomic E-state index is 11.2. The van der Waals surface area contributed by atoms with Gasteiger partial charge in [0.2, 0.25) is 0 Å². The molecule has 1 aromatic rings. The molecule has 0 bridgehead atoms. The fraction of sp³-hybridized carbons (Fsp3) is 0.571. The topological polar surface area (TPSA) is 84.6 Å². The molecule has 0 saturated heterocycles. The number of nitro benzene ring substituents is 1. The van der Waals surface area contributed by atoms with Gasteiger partial charge in [0.05, 0.1) is 11.5 Å². The van der Waals surface area contributed by atoms with E-state index in [-0.39, 0.29) is 24.0 Å². The smallest absolute Gasteiger partial charge is 0.333 e. The van der Waals surface area contributed by atoms with Gasteiger partial charge in [0.1, 0.15) is 5.69 Å². The van der Waals surface area contributed by atoms with Crippen molar-refractivity contribution in [2.24, 2.45) is 5.92 Å². The second kappa shape index (κ2) is 8.37. The van der Waals surface area contributed by atoms with Crippen LogP contribution in [0.3, 0.4) is 0 Å². The molecule has 0 aliphatic heterocycles. The van der Waals surface area contributed by atoms with E-state index in [1.54, 1.807) is 25.1 Å². The van der Waals surface area contributed by atoms with E-state index in [0.29, 0.717) is 18.8 Å². The standard InChI is InChI=1S/C14H22N2O4/c1-3-20-13-8-4-7-12(14(13)16(18)19)15-9-5-6-11(2)10-17/h4,7-8,11,15,17H,3,5-6,9-10H2,1-2H3. The van der Waals surface area contributed by atoms with Crippen molar-refractivity contribution in [3.63, 3.8) is 0 Å². The van der Waals surface area contributed by atoms with Crippen molar-refractivity contribution < 1.29 is 14.8 Å². The summed E-state index contributed by atoms with van der Waals surface area (Å²) in [5.74, 6) is 0.535. The number of nitrogens with one attached hydrogen (secondary N) is 1. The maximum Gasteiger partial charge on any atom is 0.333 e. The van der Waals surface area contributed by atoms with Gasteiger partial charge in [0.25, 0.3) is 0 Å². The zero-order valence-electron chi connectivity index (χ0n) is 12.0. The van der Waals surface area contributed by atoms with Crippen LogP contribution in [0, 0.1) is 16.0 Å². The zero-order valence-corrected chi connectivity index (χ0v) is 12.0. The van der Waals surface area contributed by atoms with E-state index >= 15 is 0 Å². The predicted molar refractivity (Wildman–Crippen MR) is 78.2 cm³/mol. The minimum atomic E-state index is -0.427. The molecule has 20 heavy (non-hydrogen) atoms. The Morgan fingerprint density at radius 1 is 1.50 bits per heavy atom. The van der Waals surface area contributed by atoms with Crippen molar-refractivity contribution in [1.29, 1.82) is 0 Å². The van der Waals surface area contributed by atoms with Crippen molar-refractivity contribution in [3.8, 4) is 5.75 Å². The second-order valence-corrected chi connectivity index (χ2v) is 4.70. The number of anilines is 1. The molecule has 0 saturated carbocycles. The van der Waals surface area contributed by atoms with E-state index in [2.05, 4.69) is 5.32 Å². The minimum Gasteiger partial charge on any atom is -0.487 e. The first-order valence-corrected chi connectivity index (χ1v) is 6.85. The zero-order chi connectivity index (χ0) is 15.0. The van der Waals surface area contributed by atoms with Crippen molar-refractivity contribution in [2.45, 2.75) is 26.7 Å². The summed E-state index contributed by atoms with van der Waals surface area (Å²) >= 11 is 0. The van der Waals surface area contributed by atoms with Gasteiger partial charge in [0.15, 0.2) is 5.75 Å². The Morgan fingerprint density at radius 2 is 2.25 bits per heavy atom. The third-order valence-corrected chi connectivity index (χ3v) is 2.98. The quantitative estimate of drug-likeness (QED) is 0.413. The van der Waals surface area contributed by atoms with Gasteiger partial charge in [-0.2, -0.15) is 0 Å². The molecule has 0 amide bonds. The highest BCUT2D eigenvalue weighted by molar-refractivity contribution is 5.68. The Labute approximate surface area is 118 Å². The van der Waals surface area contributed by atoms with E-state index in [1.165, 1.54) is 0 Å². The fourth-order valence-corrected chi connectivity index (χ4v) is 1.89. The molecule has 0 radical (unpaired) electrons. The number of aliphatic hydroxyl groups is 1. The molecule has 1 unspecified atom stereocenters. The van der Waals surface area contributed by atoms with Crippen LogP contribution in [0.4, 0.5) is 11.4 Å². The number of ether oxygens (including phenoxy) is 1. The molecule has 0 heterocycles. The number of nitro groups is 1. The summed E-state index contributed by atoms with van der Waals surface area (Å²) in [5.41, 5.74) is 0.446. The summed E-state index contributed by atoms with van der Waals surface area (Å²) in [4.78, 5) is 10.7. The lowest BCUT2D eigenvalue weighted by atomic mass is 10.1. The van der Waals surface area contributed by atoms with Crippen molar-refractivity contribution >= 4 is 11.4 Å². The van der Waals surface area contributed by atoms with Crippen LogP contribution in [0.2, 0.25) is 0 Å². The monoisotopic (exact) mass is 282 g/mol. The summed E-state index contributed by atoms with van der Waals surface area (Å²) < 4.78 is 5.29. The lowest BCUT2D eigenvalue weighted by Crippen LogP contribution is -2.08. The SMILES string of the molecule is CCOc1cccc(NCCCC(C)CO)c1[N+](=O)[O-]. The number of nitrogens with zero attached hydrogens (tertiary/aromatic N) is 1. The third-order valence-electron chi connectivity index (χ3n) is 2.98. The number of benzene rings is 1. The third kappa shape index (κ3) is 4.70. The summed E-state index contributed by atoms with van der Waals surface area (Å²) in [7, 11) is 0. The highest BCUT2D eigenvalue weighted by atomic mass is 16.6. The molecule has 0 aliphatic rings. The van der Waals surface area contributed by atoms with Gasteiger partial charge in [-0.15, -0.1) is 0 Å². The van der Waals surface area contributed by atoms with Crippen molar-refractivity contribution in [3.05, 3.63) is 28.3 Å². The van der Waals surface area contributed by atoms with Gasteiger partial charge in [-0.05, 0) is 37.8 Å². The van der Waals surface area contributed by atoms with Crippen molar-refractivity contribution in [2.75, 3.05) is 25.1 Å². The molecule has 0 spiro atoms. The van der Waals surface area contributed by atoms with Gasteiger partial charge < -0.3 is 15.2 Å². The summed E-state index contributed by atoms with van der Waals surface area (Å²) in [6, 6.07) is 5.01. The van der Waals surface area contributed by atoms with Gasteiger partial charge in [-0.3, -0.25) is 10.1 Å². The van der Waals surface area contributed by atoms with E-state index in [0.717, 1.165) is 12.8 Å². The Bertz CT molecular complexity index is 437. The number of hydrogen-bond acceptors (Lipinski definition) is 5. The van der Waals surface area contributed by atoms with Crippen LogP contribution in [-0.2, 0) is 0 Å². The average molecular weight is 282 g/mol. The molecule has 6 heteroatoms. The fourth-order valence-electron chi connectivity index (χ4n) is 1.89. The lowest BCUT2D eigenvalue weighted by molar-refractivity contribution is -0.384. The molecule has 112 valence electrons. The Morgan fingerprint density at radius 3 is 2.85 bits per heavy atom. The Balaban J connectivity index is 2.69. The van der Waals surface area contributed by atoms with Crippen LogP contribution in [0.5, 0.6) is 5.75 Å². The van der Waals surface area contributed by atoms with Gasteiger partial charge in [-0.25, -0.2) is 0 Å². The van der Waals surface area contributed by atoms with Gasteiger partial charge >= 0.3 is 5.69 Å². The molecule has 1 aromatic carbocycles. The van der Waals surface area contributed by atoms with Crippen LogP contribution in [0.25, 0.3) is 0 Å². The number of hydrogen-bond donors (Lipinski definition) is 2. The largest absolute Gasteiger partial charge is 0.487 e. The molecule has 0 fully saturated rings. The van der Waals surface area contributed by atoms with Crippen LogP contribution in [0.1, 0.15) is 26.7 Å². The van der Waals surface area contributed by atoms with Crippen LogP contribution in [-0.4, -0.2) is 29.8 Å².